The smallest absolute Gasteiger partial charge is 0.323 e. The van der Waals surface area contributed by atoms with Gasteiger partial charge < -0.3 is 130 Å². The standard InChI is InChI=1S/C92H126N22O23S/c1-7-9-21-70-86(131)102-61(20-15-31-93)83(128)108-68(82(127)99-42-77(96)121)47-138-48-78(122)101-64(33-51-25-27-56(116)28-26-51)88(133)109(4)50(3)80(125)105-66(39-76(95)120)91(136)113-32-16-24-71(113)87(132)104-63(37-55-41-97-49-100-55)84(129)103-62(29-30-75(94)119)90(135)114-44-57(117)38-73(114)74(118)36-52(34-53-40-98-60-19-13-11-17-58(53)60)81(126)107-67(46-115)85(130)106-65(89(134)111(6)72(22-10-8-2)92(137)110(70)5)35-54-43-112(45-79(123)124)69-23-14-12-18-59(54)69/h11-14,17-19,23,25-28,40-41,43,49-50,52,57,61-68,70-73,98,115-117H,7-10,15-16,20-22,24,29-39,42,44-48,93H2,1-6H3,(H2,94,119)(H2,95,120)(H2,96,121)(H,97,100)(H,99,127)(H,101,122)(H,102,131)(H,103,129)(H,104,132)(H,105,125)(H,106,130)(H,107,126)(H,108,128)(H,123,124)/t50-,52+,57+,61-,62-,63-,64-,65-,66-,67-,68-,70-,71-,72-,73-/m0/s1. The first-order valence-electron chi connectivity index (χ1n) is 45.9. The van der Waals surface area contributed by atoms with E-state index in [2.05, 4.69) is 62.8 Å². The largest absolute Gasteiger partial charge is 0.508 e. The van der Waals surface area contributed by atoms with Gasteiger partial charge in [-0.1, -0.05) is 88.1 Å². The third kappa shape index (κ3) is 29.6. The molecule has 3 aliphatic rings. The number of benzene rings is 3. The number of hydrogen-bond donors (Lipinski definition) is 19. The molecule has 3 saturated heterocycles. The number of carboxylic acids is 1. The lowest BCUT2D eigenvalue weighted by Crippen LogP contribution is -2.61. The fraction of sp³-hybridized carbons (Fsp3) is 0.522. The zero-order chi connectivity index (χ0) is 101. The van der Waals surface area contributed by atoms with Crippen LogP contribution in [0.2, 0.25) is 0 Å². The Morgan fingerprint density at radius 3 is 1.85 bits per heavy atom. The minimum atomic E-state index is -1.96. The van der Waals surface area contributed by atoms with Gasteiger partial charge in [0.15, 0.2) is 5.78 Å². The number of aliphatic hydroxyl groups excluding tert-OH is 2. The van der Waals surface area contributed by atoms with Crippen molar-refractivity contribution in [2.24, 2.45) is 28.9 Å². The van der Waals surface area contributed by atoms with Crippen LogP contribution in [0.25, 0.3) is 21.8 Å². The lowest BCUT2D eigenvalue weighted by atomic mass is 9.90. The molecule has 23 N–H and O–H groups in total. The van der Waals surface area contributed by atoms with Crippen LogP contribution in [0.15, 0.2) is 97.7 Å². The van der Waals surface area contributed by atoms with Crippen LogP contribution in [0, 0.1) is 5.92 Å². The number of phenolic OH excluding ortho intramolecular Hbond substituents is 1. The van der Waals surface area contributed by atoms with Crippen LogP contribution in [-0.2, 0) is 123 Å². The first kappa shape index (κ1) is 108. The van der Waals surface area contributed by atoms with Crippen LogP contribution in [-0.4, -0.2) is 327 Å². The first-order chi connectivity index (χ1) is 65.7. The van der Waals surface area contributed by atoms with Gasteiger partial charge in [0.2, 0.25) is 100 Å². The summed E-state index contributed by atoms with van der Waals surface area (Å²) >= 11 is 0.754. The molecule has 0 aliphatic carbocycles. The number of amides is 17. The van der Waals surface area contributed by atoms with Crippen LogP contribution in [0.4, 0.5) is 0 Å². The second-order valence-electron chi connectivity index (χ2n) is 34.9. The number of Topliss-reactive ketones (excluding diaryl/α,β-unsaturated/α-hetero) is 1. The van der Waals surface area contributed by atoms with Gasteiger partial charge in [-0.15, -0.1) is 11.8 Å². The van der Waals surface area contributed by atoms with Gasteiger partial charge in [-0.25, -0.2) is 4.98 Å². The number of para-hydroxylation sites is 2. The minimum Gasteiger partial charge on any atom is -0.508 e. The zero-order valence-corrected chi connectivity index (χ0v) is 78.7. The molecule has 3 fully saturated rings. The van der Waals surface area contributed by atoms with E-state index in [-0.39, 0.29) is 82.3 Å². The molecule has 45 nitrogen and oxygen atoms in total. The Morgan fingerprint density at radius 2 is 1.19 bits per heavy atom. The number of fused-ring (bicyclic) bond motifs is 4. The normalized spacial score (nSPS) is 24.5. The van der Waals surface area contributed by atoms with Crippen molar-refractivity contribution in [3.05, 3.63) is 120 Å². The molecule has 6 heterocycles. The van der Waals surface area contributed by atoms with Crippen LogP contribution < -0.4 is 70.8 Å². The number of nitrogens with one attached hydrogen (secondary N) is 11. The van der Waals surface area contributed by atoms with E-state index in [1.807, 2.05) is 13.8 Å². The Balaban J connectivity index is 1.12. The highest BCUT2D eigenvalue weighted by Gasteiger charge is 2.47. The molecular weight excluding hydrogens is 1810 g/mol. The summed E-state index contributed by atoms with van der Waals surface area (Å²) in [5.74, 6) is -21.6. The molecule has 9 rings (SSSR count). The number of nitrogens with zero attached hydrogens (tertiary/aromatic N) is 7. The van der Waals surface area contributed by atoms with E-state index in [0.717, 1.165) is 36.3 Å². The van der Waals surface area contributed by atoms with Gasteiger partial charge in [-0.2, -0.15) is 0 Å². The van der Waals surface area contributed by atoms with Crippen LogP contribution in [0.3, 0.4) is 0 Å². The average molecular weight is 1940 g/mol. The van der Waals surface area contributed by atoms with Crippen LogP contribution in [0.1, 0.15) is 139 Å². The van der Waals surface area contributed by atoms with Crippen molar-refractivity contribution in [1.29, 1.82) is 0 Å². The number of nitrogens with two attached hydrogens (primary N) is 4. The summed E-state index contributed by atoms with van der Waals surface area (Å²) < 4.78 is 1.40. The van der Waals surface area contributed by atoms with Gasteiger partial charge in [0.25, 0.3) is 0 Å². The second-order valence-corrected chi connectivity index (χ2v) is 36.0. The molecule has 0 spiro atoms. The number of carbonyl (C=O) groups excluding carboxylic acids is 18. The van der Waals surface area contributed by atoms with E-state index in [9.17, 15) is 73.2 Å². The fourth-order valence-corrected chi connectivity index (χ4v) is 18.0. The summed E-state index contributed by atoms with van der Waals surface area (Å²) in [7, 11) is 3.80. The number of thioether (sulfide) groups is 1. The molecule has 3 aromatic heterocycles. The molecule has 15 atom stereocenters. The maximum Gasteiger partial charge on any atom is 0.323 e. The summed E-state index contributed by atoms with van der Waals surface area (Å²) in [6, 6.07) is -2.10. The molecule has 46 heteroatoms. The molecule has 6 aromatic rings. The Kier molecular flexibility index (Phi) is 40.1. The maximum absolute atomic E-state index is 15.9. The molecule has 0 bridgehead atoms. The maximum atomic E-state index is 15.9. The van der Waals surface area contributed by atoms with Gasteiger partial charge >= 0.3 is 5.97 Å². The number of carbonyl (C=O) groups is 19. The summed E-state index contributed by atoms with van der Waals surface area (Å²) in [6.07, 6.45) is 1.02. The van der Waals surface area contributed by atoms with Crippen molar-refractivity contribution in [3.63, 3.8) is 0 Å². The second kappa shape index (κ2) is 51.3. The number of carboxylic acid groups (broad SMARTS) is 1. The number of unbranched alkanes of at least 4 members (excludes halogenated alkanes) is 2. The topological polar surface area (TPSA) is 683 Å². The number of primary amides is 3. The highest BCUT2D eigenvalue weighted by Crippen LogP contribution is 2.31. The van der Waals surface area contributed by atoms with Crippen molar-refractivity contribution in [2.45, 2.75) is 234 Å². The molecule has 0 saturated carbocycles. The Bertz CT molecular complexity index is 5380. The number of imidazole rings is 1. The average Bonchev–Trinajstić information content (AvgIpc) is 1.63. The van der Waals surface area contributed by atoms with Gasteiger partial charge in [-0.05, 0) is 106 Å². The van der Waals surface area contributed by atoms with Crippen molar-refractivity contribution in [3.8, 4) is 5.75 Å². The van der Waals surface area contributed by atoms with Gasteiger partial charge in [-0.3, -0.25) is 91.1 Å². The number of aliphatic carboxylic acids is 1. The monoisotopic (exact) mass is 1940 g/mol. The summed E-state index contributed by atoms with van der Waals surface area (Å²) in [6.45, 7) is 1.67. The number of phenols is 1. The fourth-order valence-electron chi connectivity index (χ4n) is 17.2. The van der Waals surface area contributed by atoms with E-state index < -0.39 is 285 Å². The number of aromatic nitrogens is 4. The van der Waals surface area contributed by atoms with E-state index >= 15 is 38.4 Å². The van der Waals surface area contributed by atoms with Crippen molar-refractivity contribution in [2.75, 3.05) is 65.4 Å². The number of H-pyrrole nitrogens is 2. The summed E-state index contributed by atoms with van der Waals surface area (Å²) in [5.41, 5.74) is 25.1. The zero-order valence-electron chi connectivity index (χ0n) is 77.9. The summed E-state index contributed by atoms with van der Waals surface area (Å²) in [5, 5.41) is 67.4. The first-order valence-corrected chi connectivity index (χ1v) is 47.0. The van der Waals surface area contributed by atoms with E-state index in [0.29, 0.717) is 57.8 Å². The number of aromatic amines is 2. The number of likely N-dealkylation sites (N-methyl/N-ethyl adjacent to an activating group) is 3. The number of rotatable bonds is 28. The SMILES string of the molecule is CCCC[C@H]1C(=O)N(C)[C@@H](CCCC)C(=O)N[C@@H](CCCN)C(=O)N[C@H](C(=O)NCC(N)=O)CSCC(=O)N[C@@H](Cc2ccc(O)cc2)C(=O)N(C)[C@@H](C)C(=O)N[C@@H](CC(N)=O)C(=O)N2CCC[C@H]2C(=O)N[C@@H](Cc2c[nH]cn2)C(=O)N[C@@H](CCC(N)=O)C(=O)N2C[C@H](O)C[C@H]2C(=O)C[C@@H](Cc2c[nH]c3ccccc23)C(=O)N[C@@H](CO)C(=O)N[C@@H](Cc2cn(CC(=O)O)c3ccccc23)C(=O)N1C. The van der Waals surface area contributed by atoms with E-state index in [4.69, 9.17) is 22.9 Å². The molecule has 3 aliphatic heterocycles. The lowest BCUT2D eigenvalue weighted by molar-refractivity contribution is -0.149. The minimum absolute atomic E-state index is 0.0271. The highest BCUT2D eigenvalue weighted by atomic mass is 32.2. The Morgan fingerprint density at radius 1 is 0.572 bits per heavy atom. The van der Waals surface area contributed by atoms with E-state index in [1.54, 1.807) is 54.7 Å². The Labute approximate surface area is 799 Å². The molecular formula is C92H126N22O23S. The van der Waals surface area contributed by atoms with Gasteiger partial charge in [0.1, 0.15) is 84.8 Å². The third-order valence-corrected chi connectivity index (χ3v) is 25.8. The lowest BCUT2D eigenvalue weighted by Gasteiger charge is -2.36. The van der Waals surface area contributed by atoms with Crippen molar-refractivity contribution in [1.82, 2.24) is 91.9 Å². The number of hydrogen-bond acceptors (Lipinski definition) is 25. The van der Waals surface area contributed by atoms with Gasteiger partial charge in [0.05, 0.1) is 49.5 Å². The van der Waals surface area contributed by atoms with Gasteiger partial charge in [0, 0.05) is 125 Å². The molecule has 748 valence electrons. The number of ketones is 1. The predicted molar refractivity (Wildman–Crippen MR) is 500 cm³/mol. The quantitative estimate of drug-likeness (QED) is 0.0226. The Hall–Kier alpha value is -13.9. The van der Waals surface area contributed by atoms with E-state index in [1.165, 1.54) is 75.6 Å². The van der Waals surface area contributed by atoms with Crippen LogP contribution >= 0.6 is 11.8 Å². The number of aliphatic hydroxyl groups is 2. The predicted octanol–water partition coefficient (Wildman–Crippen LogP) is -3.59. The van der Waals surface area contributed by atoms with Crippen molar-refractivity contribution >= 4 is 146 Å². The van der Waals surface area contributed by atoms with Crippen LogP contribution in [0.5, 0.6) is 5.75 Å². The molecule has 0 radical (unpaired) electrons. The number of aromatic hydroxyl groups is 1. The highest BCUT2D eigenvalue weighted by molar-refractivity contribution is 8.00. The summed E-state index contributed by atoms with van der Waals surface area (Å²) in [4.78, 5) is 291. The molecule has 3 aromatic carbocycles. The third-order valence-electron chi connectivity index (χ3n) is 24.8. The molecule has 138 heavy (non-hydrogen) atoms. The van der Waals surface area contributed by atoms with Crippen molar-refractivity contribution < 1.29 is 112 Å². The molecule has 17 amide bonds. The molecule has 0 unspecified atom stereocenters.